The van der Waals surface area contributed by atoms with Crippen molar-refractivity contribution in [2.24, 2.45) is 0 Å². The van der Waals surface area contributed by atoms with E-state index in [9.17, 15) is 18.0 Å². The fourth-order valence-electron chi connectivity index (χ4n) is 3.55. The second-order valence-corrected chi connectivity index (χ2v) is 9.53. The molecular weight excluding hydrogens is 464 g/mol. The zero-order valence-corrected chi connectivity index (χ0v) is 20.1. The number of hydrogen-bond acceptors (Lipinski definition) is 9. The Balaban J connectivity index is 1.90. The number of sulfonamides is 1. The highest BCUT2D eigenvalue weighted by molar-refractivity contribution is 7.89. The van der Waals surface area contributed by atoms with Crippen LogP contribution >= 0.6 is 0 Å². The number of hydrazine groups is 1. The van der Waals surface area contributed by atoms with Gasteiger partial charge < -0.3 is 18.9 Å². The van der Waals surface area contributed by atoms with Crippen LogP contribution in [-0.4, -0.2) is 58.1 Å². The summed E-state index contributed by atoms with van der Waals surface area (Å²) in [6.45, 7) is 4.69. The fraction of sp³-hybridized carbons (Fsp3) is 0.391. The van der Waals surface area contributed by atoms with Crippen LogP contribution in [0.25, 0.3) is 0 Å². The Morgan fingerprint density at radius 2 is 1.62 bits per heavy atom. The molecule has 1 aliphatic heterocycles. The molecule has 0 aromatic heterocycles. The van der Waals surface area contributed by atoms with Gasteiger partial charge in [-0.3, -0.25) is 4.79 Å². The van der Waals surface area contributed by atoms with Crippen LogP contribution in [0.4, 0.5) is 0 Å². The van der Waals surface area contributed by atoms with E-state index in [0.29, 0.717) is 0 Å². The summed E-state index contributed by atoms with van der Waals surface area (Å²) in [7, 11) is -2.64. The number of methoxy groups -OCH3 is 1. The van der Waals surface area contributed by atoms with E-state index >= 15 is 0 Å². The molecule has 11 heteroatoms. The van der Waals surface area contributed by atoms with Gasteiger partial charge in [0.15, 0.2) is 12.4 Å². The fourth-order valence-corrected chi connectivity index (χ4v) is 4.45. The molecule has 0 saturated carbocycles. The van der Waals surface area contributed by atoms with Crippen LogP contribution in [-0.2, 0) is 33.8 Å². The second-order valence-electron chi connectivity index (χ2n) is 7.84. The van der Waals surface area contributed by atoms with E-state index in [2.05, 4.69) is 10.3 Å². The molecule has 34 heavy (non-hydrogen) atoms. The van der Waals surface area contributed by atoms with Gasteiger partial charge >= 0.3 is 11.9 Å². The first-order valence-electron chi connectivity index (χ1n) is 10.6. The molecular formula is C23H28N2O8S. The Labute approximate surface area is 198 Å². The van der Waals surface area contributed by atoms with Crippen molar-refractivity contribution in [2.75, 3.05) is 7.11 Å². The van der Waals surface area contributed by atoms with Crippen molar-refractivity contribution < 1.29 is 37.0 Å². The summed E-state index contributed by atoms with van der Waals surface area (Å²) < 4.78 is 47.9. The monoisotopic (exact) mass is 492 g/mol. The molecule has 2 N–H and O–H groups in total. The lowest BCUT2D eigenvalue weighted by Gasteiger charge is -2.44. The van der Waals surface area contributed by atoms with Crippen molar-refractivity contribution in [3.63, 3.8) is 0 Å². The maximum Gasteiger partial charge on any atom is 0.338 e. The summed E-state index contributed by atoms with van der Waals surface area (Å²) in [5.41, 5.74) is 3.86. The average molecular weight is 493 g/mol. The third-order valence-corrected chi connectivity index (χ3v) is 6.55. The van der Waals surface area contributed by atoms with Crippen molar-refractivity contribution in [1.29, 1.82) is 0 Å². The standard InChI is InChI=1S/C23H28N2O8S/c1-14-10-12-18(13-11-14)34(28,29)25-24-19-20(32-16(3)26)15(2)31-23(30-4)21(19)33-22(27)17-8-6-5-7-9-17/h5-13,15,19-21,23-25H,1-4H3/t15-,19+,20+,21-,23-/m1/s1. The highest BCUT2D eigenvalue weighted by Crippen LogP contribution is 2.27. The number of carbonyl (C=O) groups is 2. The van der Waals surface area contributed by atoms with Gasteiger partial charge in [-0.2, -0.15) is 0 Å². The Bertz CT molecular complexity index is 1090. The van der Waals surface area contributed by atoms with Crippen LogP contribution in [0.1, 0.15) is 29.8 Å². The van der Waals surface area contributed by atoms with Gasteiger partial charge in [-0.05, 0) is 38.1 Å². The lowest BCUT2D eigenvalue weighted by atomic mass is 9.97. The smallest absolute Gasteiger partial charge is 0.338 e. The molecule has 1 heterocycles. The molecule has 0 unspecified atom stereocenters. The molecule has 0 aliphatic carbocycles. The summed E-state index contributed by atoms with van der Waals surface area (Å²) >= 11 is 0. The summed E-state index contributed by atoms with van der Waals surface area (Å²) in [6.07, 6.45) is -3.94. The third-order valence-electron chi connectivity index (χ3n) is 5.27. The van der Waals surface area contributed by atoms with E-state index in [1.807, 2.05) is 6.92 Å². The van der Waals surface area contributed by atoms with Crippen molar-refractivity contribution in [3.8, 4) is 0 Å². The SMILES string of the molecule is CO[C@@H]1O[C@H](C)[C@H](OC(C)=O)[C@H](NNS(=O)(=O)c2ccc(C)cc2)[C@H]1OC(=O)c1ccccc1. The molecule has 0 amide bonds. The van der Waals surface area contributed by atoms with Gasteiger partial charge in [0.05, 0.1) is 16.6 Å². The van der Waals surface area contributed by atoms with Crippen molar-refractivity contribution in [1.82, 2.24) is 10.3 Å². The van der Waals surface area contributed by atoms with E-state index in [0.717, 1.165) is 5.56 Å². The number of aryl methyl sites for hydroxylation is 1. The van der Waals surface area contributed by atoms with Crippen molar-refractivity contribution in [3.05, 3.63) is 65.7 Å². The van der Waals surface area contributed by atoms with Crippen LogP contribution < -0.4 is 10.3 Å². The first-order valence-corrected chi connectivity index (χ1v) is 12.1. The summed E-state index contributed by atoms with van der Waals surface area (Å²) in [5.74, 6) is -1.29. The Morgan fingerprint density at radius 1 is 0.971 bits per heavy atom. The summed E-state index contributed by atoms with van der Waals surface area (Å²) in [4.78, 5) is 26.9. The van der Waals surface area contributed by atoms with Gasteiger partial charge in [-0.25, -0.2) is 18.6 Å². The molecule has 1 fully saturated rings. The Hall–Kier alpha value is -2.83. The number of nitrogens with one attached hydrogen (secondary N) is 2. The largest absolute Gasteiger partial charge is 0.458 e. The predicted molar refractivity (Wildman–Crippen MR) is 121 cm³/mol. The van der Waals surface area contributed by atoms with Crippen LogP contribution in [0, 0.1) is 6.92 Å². The van der Waals surface area contributed by atoms with Gasteiger partial charge in [0, 0.05) is 14.0 Å². The zero-order valence-electron chi connectivity index (χ0n) is 19.3. The van der Waals surface area contributed by atoms with Gasteiger partial charge in [-0.15, -0.1) is 4.83 Å². The van der Waals surface area contributed by atoms with Gasteiger partial charge in [0.2, 0.25) is 0 Å². The lowest BCUT2D eigenvalue weighted by molar-refractivity contribution is -0.265. The second kappa shape index (κ2) is 11.1. The first kappa shape index (κ1) is 25.8. The lowest BCUT2D eigenvalue weighted by Crippen LogP contribution is -2.67. The van der Waals surface area contributed by atoms with Crippen molar-refractivity contribution in [2.45, 2.75) is 56.3 Å². The van der Waals surface area contributed by atoms with Crippen molar-refractivity contribution >= 4 is 22.0 Å². The average Bonchev–Trinajstić information content (AvgIpc) is 2.81. The zero-order chi connectivity index (χ0) is 24.9. The minimum absolute atomic E-state index is 0.0240. The minimum Gasteiger partial charge on any atom is -0.458 e. The molecule has 3 rings (SSSR count). The predicted octanol–water partition coefficient (Wildman–Crippen LogP) is 1.70. The molecule has 10 nitrogen and oxygen atoms in total. The molecule has 0 radical (unpaired) electrons. The topological polar surface area (TPSA) is 129 Å². The summed E-state index contributed by atoms with van der Waals surface area (Å²) in [6, 6.07) is 13.5. The van der Waals surface area contributed by atoms with E-state index in [-0.39, 0.29) is 10.5 Å². The highest BCUT2D eigenvalue weighted by atomic mass is 32.2. The van der Waals surface area contributed by atoms with Crippen LogP contribution in [0.2, 0.25) is 0 Å². The molecule has 184 valence electrons. The minimum atomic E-state index is -4.00. The van der Waals surface area contributed by atoms with Gasteiger partial charge in [-0.1, -0.05) is 35.9 Å². The first-order chi connectivity index (χ1) is 16.1. The Kier molecular flexibility index (Phi) is 8.39. The van der Waals surface area contributed by atoms with Gasteiger partial charge in [0.25, 0.3) is 10.0 Å². The number of benzene rings is 2. The number of carbonyl (C=O) groups excluding carboxylic acids is 2. The molecule has 2 aromatic carbocycles. The molecule has 2 aromatic rings. The molecule has 1 aliphatic rings. The number of rotatable bonds is 8. The number of esters is 2. The number of ether oxygens (including phenoxy) is 4. The summed E-state index contributed by atoms with van der Waals surface area (Å²) in [5, 5.41) is 0. The molecule has 0 spiro atoms. The van der Waals surface area contributed by atoms with Gasteiger partial charge in [0.1, 0.15) is 12.1 Å². The van der Waals surface area contributed by atoms with E-state index < -0.39 is 52.6 Å². The molecule has 5 atom stereocenters. The van der Waals surface area contributed by atoms with E-state index in [1.165, 1.54) is 26.2 Å². The number of hydrogen-bond donors (Lipinski definition) is 2. The quantitative estimate of drug-likeness (QED) is 0.418. The van der Waals surface area contributed by atoms with E-state index in [4.69, 9.17) is 18.9 Å². The van der Waals surface area contributed by atoms with Crippen LogP contribution in [0.15, 0.2) is 59.5 Å². The maximum absolute atomic E-state index is 12.8. The Morgan fingerprint density at radius 3 is 2.21 bits per heavy atom. The maximum atomic E-state index is 12.8. The normalized spacial score (nSPS) is 24.9. The van der Waals surface area contributed by atoms with E-state index in [1.54, 1.807) is 49.4 Å². The molecule has 0 bridgehead atoms. The van der Waals surface area contributed by atoms with Crippen LogP contribution in [0.3, 0.4) is 0 Å². The third kappa shape index (κ3) is 6.19. The highest BCUT2D eigenvalue weighted by Gasteiger charge is 2.49. The van der Waals surface area contributed by atoms with Crippen LogP contribution in [0.5, 0.6) is 0 Å². The molecule has 1 saturated heterocycles.